The Morgan fingerprint density at radius 2 is 0.963 bits per heavy atom. The summed E-state index contributed by atoms with van der Waals surface area (Å²) in [5, 5.41) is 5.26. The van der Waals surface area contributed by atoms with Crippen LogP contribution in [0.1, 0.15) is 29.5 Å². The molecule has 0 fully saturated rings. The van der Waals surface area contributed by atoms with Crippen LogP contribution < -0.4 is 0 Å². The molecule has 5 aliphatic carbocycles. The van der Waals surface area contributed by atoms with Crippen molar-refractivity contribution in [2.24, 2.45) is 23.7 Å². The molecule has 0 aromatic heterocycles. The molecule has 258 valence electrons. The number of allylic oxidation sites excluding steroid dienone is 21. The van der Waals surface area contributed by atoms with Gasteiger partial charge >= 0.3 is 0 Å². The van der Waals surface area contributed by atoms with Crippen LogP contribution in [0.15, 0.2) is 217 Å². The summed E-state index contributed by atoms with van der Waals surface area (Å²) in [5.41, 5.74) is 13.5. The highest BCUT2D eigenvalue weighted by Gasteiger charge is 2.33. The van der Waals surface area contributed by atoms with Crippen LogP contribution in [0.2, 0.25) is 0 Å². The van der Waals surface area contributed by atoms with E-state index in [1.165, 1.54) is 77.2 Å². The Morgan fingerprint density at radius 3 is 1.67 bits per heavy atom. The van der Waals surface area contributed by atoms with Crippen molar-refractivity contribution in [1.82, 2.24) is 0 Å². The molecule has 54 heavy (non-hydrogen) atoms. The average molecular weight is 691 g/mol. The van der Waals surface area contributed by atoms with Gasteiger partial charge in [-0.05, 0) is 90.1 Å². The molecule has 4 unspecified atom stereocenters. The maximum Gasteiger partial charge on any atom is 0.0128 e. The van der Waals surface area contributed by atoms with Crippen molar-refractivity contribution in [1.29, 1.82) is 0 Å². The molecule has 0 heteroatoms. The smallest absolute Gasteiger partial charge is 0.0128 e. The second-order valence-electron chi connectivity index (χ2n) is 15.0. The molecule has 0 saturated heterocycles. The van der Waals surface area contributed by atoms with E-state index in [1.807, 2.05) is 0 Å². The summed E-state index contributed by atoms with van der Waals surface area (Å²) in [5.74, 6) is 1.53. The topological polar surface area (TPSA) is 0 Å². The zero-order chi connectivity index (χ0) is 35.8. The molecule has 0 spiro atoms. The molecule has 5 aromatic carbocycles. The van der Waals surface area contributed by atoms with Crippen LogP contribution in [0, 0.1) is 23.7 Å². The third kappa shape index (κ3) is 5.80. The van der Waals surface area contributed by atoms with E-state index in [0.29, 0.717) is 23.7 Å². The highest BCUT2D eigenvalue weighted by atomic mass is 14.4. The van der Waals surface area contributed by atoms with Gasteiger partial charge in [-0.1, -0.05) is 206 Å². The fraction of sp³-hybridized carbons (Fsp3) is 0.111. The Morgan fingerprint density at radius 1 is 0.389 bits per heavy atom. The van der Waals surface area contributed by atoms with Gasteiger partial charge in [0.15, 0.2) is 0 Å². The Kier molecular flexibility index (Phi) is 8.38. The molecule has 0 saturated carbocycles. The second kappa shape index (κ2) is 14.0. The van der Waals surface area contributed by atoms with E-state index >= 15 is 0 Å². The van der Waals surface area contributed by atoms with E-state index in [9.17, 15) is 0 Å². The fourth-order valence-electron chi connectivity index (χ4n) is 9.37. The number of hydrogen-bond donors (Lipinski definition) is 0. The number of hydrogen-bond acceptors (Lipinski definition) is 0. The SMILES string of the molecule is C1=CC2C=CC=C(C3=CC=C(C=Cc4ccc(-c5c6ccccc6c(C6=CC=C(c7ccccc7)CC6)c6ccccc56)cc4)C4C=CC=CC34)C2C=C1. The second-order valence-corrected chi connectivity index (χ2v) is 15.0. The number of rotatable bonds is 6. The van der Waals surface area contributed by atoms with Gasteiger partial charge in [0.1, 0.15) is 0 Å². The van der Waals surface area contributed by atoms with Crippen molar-refractivity contribution >= 4 is 38.8 Å². The van der Waals surface area contributed by atoms with E-state index in [2.05, 4.69) is 206 Å². The molecule has 0 heterocycles. The lowest BCUT2D eigenvalue weighted by molar-refractivity contribution is 0.564. The standard InChI is InChI=1S/C54H42/c1-2-13-38(14-3-1)39-31-33-43(34-32-39)54-51-22-10-8-20-49(51)53(50-21-9-11-23-52(50)54)42-29-26-37(27-30-42)25-28-41-35-36-48(46-19-7-6-18-45(41)46)47-24-12-16-40-15-4-5-17-44(40)47/h1-31,33,35-36,40,44-46H,32,34H2. The van der Waals surface area contributed by atoms with Crippen LogP contribution in [0.3, 0.4) is 0 Å². The zero-order valence-corrected chi connectivity index (χ0v) is 30.4. The van der Waals surface area contributed by atoms with E-state index in [1.54, 1.807) is 0 Å². The molecule has 5 aliphatic rings. The third-order valence-electron chi connectivity index (χ3n) is 12.0. The predicted octanol–water partition coefficient (Wildman–Crippen LogP) is 14.0. The summed E-state index contributed by atoms with van der Waals surface area (Å²) in [6.45, 7) is 0. The quantitative estimate of drug-likeness (QED) is 0.156. The molecule has 0 nitrogen and oxygen atoms in total. The highest BCUT2D eigenvalue weighted by Crippen LogP contribution is 2.46. The van der Waals surface area contributed by atoms with Crippen LogP contribution >= 0.6 is 0 Å². The van der Waals surface area contributed by atoms with E-state index < -0.39 is 0 Å². The first-order valence-corrected chi connectivity index (χ1v) is 19.5. The van der Waals surface area contributed by atoms with Crippen LogP contribution in [0.25, 0.3) is 49.9 Å². The summed E-state index contributed by atoms with van der Waals surface area (Å²) in [6, 6.07) is 38.0. The Bertz CT molecular complexity index is 2580. The minimum absolute atomic E-state index is 0.329. The molecule has 10 rings (SSSR count). The van der Waals surface area contributed by atoms with Gasteiger partial charge in [0.05, 0.1) is 0 Å². The van der Waals surface area contributed by atoms with Crippen molar-refractivity contribution in [2.75, 3.05) is 0 Å². The van der Waals surface area contributed by atoms with Crippen molar-refractivity contribution in [3.8, 4) is 11.1 Å². The van der Waals surface area contributed by atoms with Gasteiger partial charge in [0.2, 0.25) is 0 Å². The lowest BCUT2D eigenvalue weighted by atomic mass is 9.68. The van der Waals surface area contributed by atoms with Crippen LogP contribution in [0.5, 0.6) is 0 Å². The van der Waals surface area contributed by atoms with Gasteiger partial charge in [0.25, 0.3) is 0 Å². The van der Waals surface area contributed by atoms with Gasteiger partial charge < -0.3 is 0 Å². The summed E-state index contributed by atoms with van der Waals surface area (Å²) < 4.78 is 0. The maximum absolute atomic E-state index is 2.39. The Labute approximate surface area is 319 Å². The van der Waals surface area contributed by atoms with E-state index in [4.69, 9.17) is 0 Å². The first kappa shape index (κ1) is 32.4. The van der Waals surface area contributed by atoms with Crippen molar-refractivity contribution < 1.29 is 0 Å². The fourth-order valence-corrected chi connectivity index (χ4v) is 9.37. The van der Waals surface area contributed by atoms with Gasteiger partial charge in [0, 0.05) is 23.7 Å². The minimum Gasteiger partial charge on any atom is -0.0767 e. The molecule has 0 amide bonds. The Balaban J connectivity index is 0.980. The van der Waals surface area contributed by atoms with Crippen LogP contribution in [-0.2, 0) is 0 Å². The van der Waals surface area contributed by atoms with E-state index in [0.717, 1.165) is 12.8 Å². The monoisotopic (exact) mass is 690 g/mol. The number of fused-ring (bicyclic) bond motifs is 4. The lowest BCUT2D eigenvalue weighted by Crippen LogP contribution is -2.25. The average Bonchev–Trinajstić information content (AvgIpc) is 3.25. The molecular weight excluding hydrogens is 649 g/mol. The summed E-state index contributed by atoms with van der Waals surface area (Å²) in [7, 11) is 0. The third-order valence-corrected chi connectivity index (χ3v) is 12.0. The molecule has 4 atom stereocenters. The predicted molar refractivity (Wildman–Crippen MR) is 231 cm³/mol. The van der Waals surface area contributed by atoms with Crippen LogP contribution in [0.4, 0.5) is 0 Å². The van der Waals surface area contributed by atoms with Gasteiger partial charge in [-0.15, -0.1) is 0 Å². The Hall–Kier alpha value is -6.24. The largest absolute Gasteiger partial charge is 0.0767 e. The summed E-state index contributed by atoms with van der Waals surface area (Å²) in [4.78, 5) is 0. The lowest BCUT2D eigenvalue weighted by Gasteiger charge is -2.36. The minimum atomic E-state index is 0.329. The first-order chi connectivity index (χ1) is 26.8. The van der Waals surface area contributed by atoms with Crippen molar-refractivity contribution in [3.05, 3.63) is 234 Å². The van der Waals surface area contributed by atoms with Crippen molar-refractivity contribution in [2.45, 2.75) is 12.8 Å². The molecule has 0 N–H and O–H groups in total. The molecule has 5 aromatic rings. The summed E-state index contributed by atoms with van der Waals surface area (Å²) >= 11 is 0. The molecular formula is C54H42. The van der Waals surface area contributed by atoms with Gasteiger partial charge in [-0.25, -0.2) is 0 Å². The van der Waals surface area contributed by atoms with Gasteiger partial charge in [-0.3, -0.25) is 0 Å². The van der Waals surface area contributed by atoms with Crippen molar-refractivity contribution in [3.63, 3.8) is 0 Å². The normalized spacial score (nSPS) is 22.8. The first-order valence-electron chi connectivity index (χ1n) is 19.5. The molecule has 0 aliphatic heterocycles. The van der Waals surface area contributed by atoms with E-state index in [-0.39, 0.29) is 0 Å². The highest BCUT2D eigenvalue weighted by molar-refractivity contribution is 6.19. The van der Waals surface area contributed by atoms with Gasteiger partial charge in [-0.2, -0.15) is 0 Å². The molecule has 0 bridgehead atoms. The number of benzene rings is 5. The maximum atomic E-state index is 2.39. The molecule has 0 radical (unpaired) electrons. The van der Waals surface area contributed by atoms with Crippen LogP contribution in [-0.4, -0.2) is 0 Å². The zero-order valence-electron chi connectivity index (χ0n) is 30.4. The summed E-state index contributed by atoms with van der Waals surface area (Å²) in [6.07, 6.45) is 41.3.